The van der Waals surface area contributed by atoms with Crippen LogP contribution in [0.5, 0.6) is 0 Å². The molecule has 0 bridgehead atoms. The lowest BCUT2D eigenvalue weighted by atomic mass is 10.2. The van der Waals surface area contributed by atoms with Crippen LogP contribution in [-0.2, 0) is 4.79 Å². The molecule has 1 N–H and O–H groups in total. The molecular formula is C16H21ClN4O2. The lowest BCUT2D eigenvalue weighted by Gasteiger charge is -2.32. The van der Waals surface area contributed by atoms with Crippen LogP contribution in [-0.4, -0.2) is 60.6 Å². The van der Waals surface area contributed by atoms with Crippen LogP contribution in [0.25, 0.3) is 0 Å². The molecule has 1 aliphatic heterocycles. The van der Waals surface area contributed by atoms with Crippen molar-refractivity contribution in [3.8, 4) is 0 Å². The number of amides is 2. The van der Waals surface area contributed by atoms with E-state index in [0.29, 0.717) is 16.3 Å². The number of benzene rings is 1. The number of nitrogens with zero attached hydrogens (tertiary/aromatic N) is 3. The first-order chi connectivity index (χ1) is 11.0. The zero-order valence-corrected chi connectivity index (χ0v) is 14.1. The molecule has 7 heteroatoms. The van der Waals surface area contributed by atoms with Gasteiger partial charge in [0.25, 0.3) is 5.91 Å². The standard InChI is InChI=1S/C16H21ClN4O2/c1-12(11-15(22)21-9-7-20(2)8-10-21)18-19-16(23)13-5-3-4-6-14(13)17/h3-6H,7-11H2,1-2H3,(H,19,23)/b18-12+. The van der Waals surface area contributed by atoms with E-state index in [1.54, 1.807) is 31.2 Å². The van der Waals surface area contributed by atoms with Gasteiger partial charge in [-0.05, 0) is 26.1 Å². The van der Waals surface area contributed by atoms with Crippen molar-refractivity contribution in [2.75, 3.05) is 33.2 Å². The summed E-state index contributed by atoms with van der Waals surface area (Å²) in [7, 11) is 2.04. The zero-order valence-electron chi connectivity index (χ0n) is 13.4. The summed E-state index contributed by atoms with van der Waals surface area (Å²) < 4.78 is 0. The van der Waals surface area contributed by atoms with Crippen molar-refractivity contribution >= 4 is 29.1 Å². The Hall–Kier alpha value is -1.92. The lowest BCUT2D eigenvalue weighted by molar-refractivity contribution is -0.131. The quantitative estimate of drug-likeness (QED) is 0.671. The topological polar surface area (TPSA) is 65.0 Å². The Kier molecular flexibility index (Phi) is 6.12. The number of piperazine rings is 1. The molecule has 1 aliphatic rings. The largest absolute Gasteiger partial charge is 0.340 e. The van der Waals surface area contributed by atoms with Crippen LogP contribution in [0.3, 0.4) is 0 Å². The van der Waals surface area contributed by atoms with Crippen molar-refractivity contribution < 1.29 is 9.59 Å². The molecule has 1 aromatic carbocycles. The van der Waals surface area contributed by atoms with Gasteiger partial charge in [-0.3, -0.25) is 9.59 Å². The highest BCUT2D eigenvalue weighted by Crippen LogP contribution is 2.14. The maximum atomic E-state index is 12.2. The minimum atomic E-state index is -0.387. The third kappa shape index (κ3) is 5.04. The van der Waals surface area contributed by atoms with E-state index >= 15 is 0 Å². The number of rotatable bonds is 4. The van der Waals surface area contributed by atoms with Crippen molar-refractivity contribution in [3.63, 3.8) is 0 Å². The van der Waals surface area contributed by atoms with Crippen LogP contribution < -0.4 is 5.43 Å². The summed E-state index contributed by atoms with van der Waals surface area (Å²) in [6.07, 6.45) is 0.201. The van der Waals surface area contributed by atoms with Crippen molar-refractivity contribution in [2.24, 2.45) is 5.10 Å². The van der Waals surface area contributed by atoms with Gasteiger partial charge < -0.3 is 9.80 Å². The highest BCUT2D eigenvalue weighted by atomic mass is 35.5. The number of likely N-dealkylation sites (N-methyl/N-ethyl adjacent to an activating group) is 1. The first kappa shape index (κ1) is 17.4. The molecule has 0 saturated carbocycles. The minimum Gasteiger partial charge on any atom is -0.340 e. The molecule has 0 aliphatic carbocycles. The van der Waals surface area contributed by atoms with Crippen LogP contribution in [0.1, 0.15) is 23.7 Å². The van der Waals surface area contributed by atoms with E-state index in [0.717, 1.165) is 26.2 Å². The van der Waals surface area contributed by atoms with Crippen LogP contribution >= 0.6 is 11.6 Å². The summed E-state index contributed by atoms with van der Waals surface area (Å²) in [6, 6.07) is 6.75. The summed E-state index contributed by atoms with van der Waals surface area (Å²) >= 11 is 5.96. The Balaban J connectivity index is 1.86. The highest BCUT2D eigenvalue weighted by Gasteiger charge is 2.19. The number of carbonyl (C=O) groups excluding carboxylic acids is 2. The second kappa shape index (κ2) is 8.08. The molecule has 6 nitrogen and oxygen atoms in total. The summed E-state index contributed by atoms with van der Waals surface area (Å²) in [5.74, 6) is -0.353. The van der Waals surface area contributed by atoms with E-state index in [4.69, 9.17) is 11.6 Å². The van der Waals surface area contributed by atoms with Crippen molar-refractivity contribution in [3.05, 3.63) is 34.9 Å². The lowest BCUT2D eigenvalue weighted by Crippen LogP contribution is -2.47. The molecule has 2 rings (SSSR count). The second-order valence-corrected chi connectivity index (χ2v) is 6.04. The molecule has 0 spiro atoms. The molecule has 1 fully saturated rings. The van der Waals surface area contributed by atoms with Crippen molar-refractivity contribution in [1.29, 1.82) is 0 Å². The monoisotopic (exact) mass is 336 g/mol. The number of hydrogen-bond donors (Lipinski definition) is 1. The molecule has 23 heavy (non-hydrogen) atoms. The first-order valence-electron chi connectivity index (χ1n) is 7.51. The molecular weight excluding hydrogens is 316 g/mol. The fourth-order valence-electron chi connectivity index (χ4n) is 2.28. The smallest absolute Gasteiger partial charge is 0.272 e. The number of hydrogen-bond acceptors (Lipinski definition) is 4. The summed E-state index contributed by atoms with van der Waals surface area (Å²) in [6.45, 7) is 4.94. The number of hydrazone groups is 1. The van der Waals surface area contributed by atoms with Gasteiger partial charge in [-0.1, -0.05) is 23.7 Å². The number of carbonyl (C=O) groups is 2. The predicted octanol–water partition coefficient (Wildman–Crippen LogP) is 1.61. The van der Waals surface area contributed by atoms with Gasteiger partial charge in [-0.15, -0.1) is 0 Å². The maximum absolute atomic E-state index is 12.2. The summed E-state index contributed by atoms with van der Waals surface area (Å²) in [5.41, 5.74) is 3.36. The SMILES string of the molecule is C/C(CC(=O)N1CCN(C)CC1)=N\NC(=O)c1ccccc1Cl. The van der Waals surface area contributed by atoms with E-state index in [1.165, 1.54) is 0 Å². The molecule has 124 valence electrons. The Morgan fingerprint density at radius 2 is 1.87 bits per heavy atom. The summed E-state index contributed by atoms with van der Waals surface area (Å²) in [4.78, 5) is 28.2. The number of halogens is 1. The van der Waals surface area contributed by atoms with Crippen LogP contribution in [0, 0.1) is 0 Å². The van der Waals surface area contributed by atoms with Crippen molar-refractivity contribution in [1.82, 2.24) is 15.2 Å². The van der Waals surface area contributed by atoms with Gasteiger partial charge in [0.15, 0.2) is 0 Å². The van der Waals surface area contributed by atoms with Gasteiger partial charge in [0.1, 0.15) is 0 Å². The summed E-state index contributed by atoms with van der Waals surface area (Å²) in [5, 5.41) is 4.36. The first-order valence-corrected chi connectivity index (χ1v) is 7.89. The molecule has 1 aromatic rings. The molecule has 1 saturated heterocycles. The molecule has 0 atom stereocenters. The minimum absolute atomic E-state index is 0.0337. The normalized spacial score (nSPS) is 16.3. The Morgan fingerprint density at radius 3 is 2.52 bits per heavy atom. The zero-order chi connectivity index (χ0) is 16.8. The van der Waals surface area contributed by atoms with Crippen LogP contribution in [0.4, 0.5) is 0 Å². The van der Waals surface area contributed by atoms with E-state index in [9.17, 15) is 9.59 Å². The fraction of sp³-hybridized carbons (Fsp3) is 0.438. The Bertz CT molecular complexity index is 610. The Labute approximate surface area is 141 Å². The van der Waals surface area contributed by atoms with Gasteiger partial charge in [0.2, 0.25) is 5.91 Å². The van der Waals surface area contributed by atoms with Crippen LogP contribution in [0.2, 0.25) is 5.02 Å². The average molecular weight is 337 g/mol. The van der Waals surface area contributed by atoms with Crippen molar-refractivity contribution in [2.45, 2.75) is 13.3 Å². The fourth-order valence-corrected chi connectivity index (χ4v) is 2.50. The van der Waals surface area contributed by atoms with E-state index < -0.39 is 0 Å². The average Bonchev–Trinajstić information content (AvgIpc) is 2.53. The van der Waals surface area contributed by atoms with Gasteiger partial charge in [-0.2, -0.15) is 5.10 Å². The highest BCUT2D eigenvalue weighted by molar-refractivity contribution is 6.33. The van der Waals surface area contributed by atoms with E-state index in [2.05, 4.69) is 15.4 Å². The Morgan fingerprint density at radius 1 is 1.22 bits per heavy atom. The second-order valence-electron chi connectivity index (χ2n) is 5.63. The molecule has 1 heterocycles. The van der Waals surface area contributed by atoms with Gasteiger partial charge in [0, 0.05) is 31.9 Å². The molecule has 0 unspecified atom stereocenters. The predicted molar refractivity (Wildman–Crippen MR) is 90.7 cm³/mol. The molecule has 0 radical (unpaired) electrons. The van der Waals surface area contributed by atoms with Gasteiger partial charge in [0.05, 0.1) is 17.0 Å². The third-order valence-corrected chi connectivity index (χ3v) is 4.06. The van der Waals surface area contributed by atoms with Crippen LogP contribution in [0.15, 0.2) is 29.4 Å². The molecule has 0 aromatic heterocycles. The molecule has 2 amide bonds. The maximum Gasteiger partial charge on any atom is 0.272 e. The number of nitrogens with one attached hydrogen (secondary N) is 1. The van der Waals surface area contributed by atoms with Gasteiger partial charge in [-0.25, -0.2) is 5.43 Å². The van der Waals surface area contributed by atoms with Gasteiger partial charge >= 0.3 is 0 Å². The van der Waals surface area contributed by atoms with E-state index in [-0.39, 0.29) is 18.2 Å². The third-order valence-electron chi connectivity index (χ3n) is 3.73. The van der Waals surface area contributed by atoms with E-state index in [1.807, 2.05) is 11.9 Å².